The number of pyridine rings is 1. The zero-order valence-corrected chi connectivity index (χ0v) is 16.7. The van der Waals surface area contributed by atoms with Crippen LogP contribution in [0.1, 0.15) is 26.7 Å². The molecule has 10 heteroatoms. The monoisotopic (exact) mass is 411 g/mol. The molecule has 156 valence electrons. The largest absolute Gasteiger partial charge is 0.460 e. The fourth-order valence-electron chi connectivity index (χ4n) is 3.51. The molecule has 2 aliphatic rings. The fourth-order valence-corrected chi connectivity index (χ4v) is 3.51. The summed E-state index contributed by atoms with van der Waals surface area (Å²) in [6.07, 6.45) is 7.83. The Morgan fingerprint density at radius 2 is 2.17 bits per heavy atom. The van der Waals surface area contributed by atoms with Crippen LogP contribution in [0.3, 0.4) is 0 Å². The first-order valence-electron chi connectivity index (χ1n) is 9.80. The molecule has 0 aliphatic carbocycles. The van der Waals surface area contributed by atoms with Crippen molar-refractivity contribution in [2.45, 2.75) is 39.4 Å². The Bertz CT molecular complexity index is 1040. The van der Waals surface area contributed by atoms with Gasteiger partial charge < -0.3 is 9.30 Å². The average Bonchev–Trinajstić information content (AvgIpc) is 3.37. The number of rotatable bonds is 7. The lowest BCUT2D eigenvalue weighted by Crippen LogP contribution is -2.45. The Labute approximate surface area is 173 Å². The third-order valence-electron chi connectivity index (χ3n) is 4.84. The number of aliphatic imine (C=N–C) groups is 1. The number of imidazole rings is 1. The second-order valence-electron chi connectivity index (χ2n) is 6.77. The van der Waals surface area contributed by atoms with Gasteiger partial charge in [0, 0.05) is 18.6 Å². The van der Waals surface area contributed by atoms with Gasteiger partial charge in [-0.05, 0) is 31.1 Å². The van der Waals surface area contributed by atoms with Crippen LogP contribution in [0.15, 0.2) is 52.1 Å². The molecule has 2 aliphatic heterocycles. The predicted molar refractivity (Wildman–Crippen MR) is 109 cm³/mol. The molecule has 9 nitrogen and oxygen atoms in total. The van der Waals surface area contributed by atoms with Gasteiger partial charge in [-0.25, -0.2) is 24.1 Å². The number of hydrazone groups is 1. The highest BCUT2D eigenvalue weighted by molar-refractivity contribution is 6.37. The second-order valence-corrected chi connectivity index (χ2v) is 6.77. The summed E-state index contributed by atoms with van der Waals surface area (Å²) in [6, 6.07) is 2.90. The standard InChI is InChI=1S/C20H22FN7O2/c1-3-6-13-15(24-12-28-17(13)25-26-19(28)20(29)30-4-2)11-27-10-9-23-18(27)16-14(21)7-5-8-22-16/h5,7-10,12,17,25H,3-4,6,11H2,1-2H3. The van der Waals surface area contributed by atoms with Gasteiger partial charge in [-0.15, -0.1) is 0 Å². The molecule has 0 aromatic carbocycles. The number of carbonyl (C=O) groups excluding carboxylic acids is 1. The molecule has 0 amide bonds. The van der Waals surface area contributed by atoms with Crippen molar-refractivity contribution in [3.05, 3.63) is 47.8 Å². The maximum absolute atomic E-state index is 14.2. The molecule has 0 fully saturated rings. The number of hydrogen-bond donors (Lipinski definition) is 1. The summed E-state index contributed by atoms with van der Waals surface area (Å²) >= 11 is 0. The molecular weight excluding hydrogens is 389 g/mol. The van der Waals surface area contributed by atoms with Crippen molar-refractivity contribution in [2.24, 2.45) is 10.1 Å². The van der Waals surface area contributed by atoms with Gasteiger partial charge in [0.1, 0.15) is 11.9 Å². The molecule has 4 heterocycles. The summed E-state index contributed by atoms with van der Waals surface area (Å²) in [7, 11) is 0. The van der Waals surface area contributed by atoms with Crippen LogP contribution in [0.2, 0.25) is 0 Å². The van der Waals surface area contributed by atoms with Gasteiger partial charge in [-0.2, -0.15) is 5.10 Å². The lowest BCUT2D eigenvalue weighted by Gasteiger charge is -2.29. The predicted octanol–water partition coefficient (Wildman–Crippen LogP) is 2.29. The third kappa shape index (κ3) is 3.56. The maximum Gasteiger partial charge on any atom is 0.376 e. The Morgan fingerprint density at radius 1 is 1.30 bits per heavy atom. The smallest absolute Gasteiger partial charge is 0.376 e. The van der Waals surface area contributed by atoms with Crippen molar-refractivity contribution in [3.63, 3.8) is 0 Å². The van der Waals surface area contributed by atoms with Crippen molar-refractivity contribution in [1.82, 2.24) is 24.9 Å². The molecule has 2 aromatic heterocycles. The quantitative estimate of drug-likeness (QED) is 0.702. The topological polar surface area (TPSA) is 97.0 Å². The number of esters is 1. The number of ether oxygens (including phenoxy) is 1. The Morgan fingerprint density at radius 3 is 2.93 bits per heavy atom. The van der Waals surface area contributed by atoms with E-state index in [9.17, 15) is 9.18 Å². The lowest BCUT2D eigenvalue weighted by atomic mass is 10.0. The minimum Gasteiger partial charge on any atom is -0.460 e. The average molecular weight is 411 g/mol. The van der Waals surface area contributed by atoms with E-state index in [-0.39, 0.29) is 24.3 Å². The Hall–Kier alpha value is -3.56. The normalized spacial score (nSPS) is 17.6. The zero-order chi connectivity index (χ0) is 21.1. The van der Waals surface area contributed by atoms with Crippen LogP contribution in [0.25, 0.3) is 11.5 Å². The first-order valence-corrected chi connectivity index (χ1v) is 9.80. The molecule has 1 atom stereocenters. The maximum atomic E-state index is 14.2. The van der Waals surface area contributed by atoms with E-state index in [0.29, 0.717) is 12.4 Å². The molecule has 0 radical (unpaired) electrons. The van der Waals surface area contributed by atoms with E-state index in [1.165, 1.54) is 12.3 Å². The molecule has 4 rings (SSSR count). The number of aromatic nitrogens is 3. The summed E-state index contributed by atoms with van der Waals surface area (Å²) in [5.41, 5.74) is 5.01. The fraction of sp³-hybridized carbons (Fsp3) is 0.350. The molecule has 0 bridgehead atoms. The van der Waals surface area contributed by atoms with Crippen molar-refractivity contribution in [1.29, 1.82) is 0 Å². The van der Waals surface area contributed by atoms with Crippen molar-refractivity contribution >= 4 is 18.1 Å². The van der Waals surface area contributed by atoms with Crippen LogP contribution < -0.4 is 5.43 Å². The van der Waals surface area contributed by atoms with Gasteiger partial charge in [0.2, 0.25) is 5.84 Å². The summed E-state index contributed by atoms with van der Waals surface area (Å²) in [5.74, 6) is -0.328. The van der Waals surface area contributed by atoms with Gasteiger partial charge >= 0.3 is 5.97 Å². The van der Waals surface area contributed by atoms with Gasteiger partial charge in [0.05, 0.1) is 25.2 Å². The van der Waals surface area contributed by atoms with E-state index < -0.39 is 11.8 Å². The highest BCUT2D eigenvalue weighted by Gasteiger charge is 2.37. The number of allylic oxidation sites excluding steroid dienone is 1. The van der Waals surface area contributed by atoms with Gasteiger partial charge in [-0.3, -0.25) is 10.3 Å². The first-order chi connectivity index (χ1) is 14.6. The number of fused-ring (bicyclic) bond motifs is 1. The van der Waals surface area contributed by atoms with Gasteiger partial charge in [-0.1, -0.05) is 13.3 Å². The SMILES string of the molecule is CCCC1=C(Cn2ccnc2-c2ncccc2F)N=CN2C(C(=O)OCC)=NNC12. The van der Waals surface area contributed by atoms with Crippen molar-refractivity contribution in [2.75, 3.05) is 6.61 Å². The van der Waals surface area contributed by atoms with Crippen LogP contribution in [-0.4, -0.2) is 50.4 Å². The molecule has 0 saturated heterocycles. The Balaban J connectivity index is 1.63. The summed E-state index contributed by atoms with van der Waals surface area (Å²) in [5, 5.41) is 4.15. The van der Waals surface area contributed by atoms with E-state index in [0.717, 1.165) is 24.1 Å². The van der Waals surface area contributed by atoms with E-state index in [4.69, 9.17) is 4.74 Å². The minimum atomic E-state index is -0.499. The Kier molecular flexibility index (Phi) is 5.55. The summed E-state index contributed by atoms with van der Waals surface area (Å²) in [4.78, 5) is 26.8. The molecule has 30 heavy (non-hydrogen) atoms. The molecule has 0 saturated carbocycles. The highest BCUT2D eigenvalue weighted by atomic mass is 19.1. The van der Waals surface area contributed by atoms with Crippen LogP contribution in [0, 0.1) is 5.82 Å². The number of nitrogens with one attached hydrogen (secondary N) is 1. The number of halogens is 1. The van der Waals surface area contributed by atoms with Gasteiger partial charge in [0.25, 0.3) is 0 Å². The van der Waals surface area contributed by atoms with Crippen LogP contribution in [0.4, 0.5) is 4.39 Å². The number of hydrogen-bond acceptors (Lipinski definition) is 8. The van der Waals surface area contributed by atoms with Crippen molar-refractivity contribution < 1.29 is 13.9 Å². The minimum absolute atomic E-state index is 0.178. The van der Waals surface area contributed by atoms with E-state index in [1.807, 2.05) is 4.57 Å². The third-order valence-corrected chi connectivity index (χ3v) is 4.84. The number of amidine groups is 1. The van der Waals surface area contributed by atoms with Crippen LogP contribution >= 0.6 is 0 Å². The molecule has 1 N–H and O–H groups in total. The summed E-state index contributed by atoms with van der Waals surface area (Å²) < 4.78 is 21.1. The van der Waals surface area contributed by atoms with E-state index >= 15 is 0 Å². The number of carbonyl (C=O) groups is 1. The van der Waals surface area contributed by atoms with E-state index in [1.54, 1.807) is 36.6 Å². The molecular formula is C20H22FN7O2. The van der Waals surface area contributed by atoms with Crippen molar-refractivity contribution in [3.8, 4) is 11.5 Å². The summed E-state index contributed by atoms with van der Waals surface area (Å²) in [6.45, 7) is 4.47. The molecule has 0 spiro atoms. The molecule has 2 aromatic rings. The zero-order valence-electron chi connectivity index (χ0n) is 16.7. The van der Waals surface area contributed by atoms with Crippen LogP contribution in [0.5, 0.6) is 0 Å². The number of nitrogens with zero attached hydrogens (tertiary/aromatic N) is 6. The first kappa shape index (κ1) is 19.7. The van der Waals surface area contributed by atoms with Crippen LogP contribution in [-0.2, 0) is 16.1 Å². The van der Waals surface area contributed by atoms with Gasteiger partial charge in [0.15, 0.2) is 11.6 Å². The highest BCUT2D eigenvalue weighted by Crippen LogP contribution is 2.28. The second kappa shape index (κ2) is 8.44. The van der Waals surface area contributed by atoms with E-state index in [2.05, 4.69) is 32.4 Å². The lowest BCUT2D eigenvalue weighted by molar-refractivity contribution is -0.135. The molecule has 1 unspecified atom stereocenters.